The van der Waals surface area contributed by atoms with Gasteiger partial charge in [-0.1, -0.05) is 0 Å². The Labute approximate surface area is 83.3 Å². The van der Waals surface area contributed by atoms with Crippen LogP contribution in [0, 0.1) is 0 Å². The van der Waals surface area contributed by atoms with E-state index in [2.05, 4.69) is 9.72 Å². The van der Waals surface area contributed by atoms with Crippen LogP contribution in [0.2, 0.25) is 0 Å². The van der Waals surface area contributed by atoms with E-state index < -0.39 is 6.16 Å². The molecule has 0 amide bonds. The second-order valence-electron chi connectivity index (χ2n) is 2.90. The summed E-state index contributed by atoms with van der Waals surface area (Å²) in [6, 6.07) is 4.18. The van der Waals surface area contributed by atoms with Crippen LogP contribution in [0.5, 0.6) is 17.4 Å². The molecule has 6 nitrogen and oxygen atoms in total. The van der Waals surface area contributed by atoms with Gasteiger partial charge in [0.1, 0.15) is 5.75 Å². The highest BCUT2D eigenvalue weighted by atomic mass is 16.7. The number of H-pyrrole nitrogens is 1. The maximum atomic E-state index is 10.3. The molecule has 1 aromatic heterocycles. The SMILES string of the molecule is O=C(O)Oc1[nH]c2cc(O)ccc2c1O. The zero-order valence-corrected chi connectivity index (χ0v) is 7.39. The number of phenolic OH excluding ortho intramolecular Hbond substituents is 1. The topological polar surface area (TPSA) is 103 Å². The van der Waals surface area contributed by atoms with E-state index in [0.29, 0.717) is 10.9 Å². The number of hydrogen-bond donors (Lipinski definition) is 4. The molecule has 0 saturated heterocycles. The van der Waals surface area contributed by atoms with Gasteiger partial charge < -0.3 is 25.0 Å². The lowest BCUT2D eigenvalue weighted by atomic mass is 10.2. The highest BCUT2D eigenvalue weighted by molar-refractivity contribution is 5.90. The van der Waals surface area contributed by atoms with Crippen LogP contribution >= 0.6 is 0 Å². The smallest absolute Gasteiger partial charge is 0.508 e. The van der Waals surface area contributed by atoms with Gasteiger partial charge in [0, 0.05) is 11.5 Å². The summed E-state index contributed by atoms with van der Waals surface area (Å²) in [5.74, 6) is -0.555. The van der Waals surface area contributed by atoms with Crippen LogP contribution in [0.1, 0.15) is 0 Å². The number of benzene rings is 1. The first kappa shape index (κ1) is 9.20. The summed E-state index contributed by atoms with van der Waals surface area (Å²) in [5.41, 5.74) is 0.392. The third-order valence-electron chi connectivity index (χ3n) is 1.91. The van der Waals surface area contributed by atoms with E-state index in [1.165, 1.54) is 18.2 Å². The number of rotatable bonds is 1. The van der Waals surface area contributed by atoms with Gasteiger partial charge in [-0.2, -0.15) is 0 Å². The monoisotopic (exact) mass is 209 g/mol. The lowest BCUT2D eigenvalue weighted by Crippen LogP contribution is -2.02. The fraction of sp³-hybridized carbons (Fsp3) is 0. The standard InChI is InChI=1S/C9H7NO5/c11-4-1-2-5-6(3-4)10-8(7(5)12)15-9(13)14/h1-3,10-12H,(H,13,14). The van der Waals surface area contributed by atoms with Gasteiger partial charge >= 0.3 is 6.16 Å². The molecule has 6 heteroatoms. The van der Waals surface area contributed by atoms with Gasteiger partial charge in [0.15, 0.2) is 5.75 Å². The molecule has 0 unspecified atom stereocenters. The van der Waals surface area contributed by atoms with Crippen molar-refractivity contribution in [1.29, 1.82) is 0 Å². The maximum absolute atomic E-state index is 10.3. The molecule has 0 atom stereocenters. The maximum Gasteiger partial charge on any atom is 0.512 e. The molecular formula is C9H7NO5. The lowest BCUT2D eigenvalue weighted by Gasteiger charge is -1.94. The van der Waals surface area contributed by atoms with Crippen molar-refractivity contribution in [3.8, 4) is 17.4 Å². The van der Waals surface area contributed by atoms with E-state index in [1.807, 2.05) is 0 Å². The Kier molecular flexibility index (Phi) is 1.89. The average Bonchev–Trinajstić information content (AvgIpc) is 2.42. The van der Waals surface area contributed by atoms with Gasteiger partial charge in [-0.05, 0) is 12.1 Å². The van der Waals surface area contributed by atoms with E-state index in [4.69, 9.17) is 10.2 Å². The normalized spacial score (nSPS) is 10.4. The minimum atomic E-state index is -1.53. The molecule has 1 aromatic carbocycles. The van der Waals surface area contributed by atoms with Gasteiger partial charge in [0.05, 0.1) is 5.52 Å². The summed E-state index contributed by atoms with van der Waals surface area (Å²) >= 11 is 0. The van der Waals surface area contributed by atoms with Crippen molar-refractivity contribution >= 4 is 17.1 Å². The molecule has 4 N–H and O–H groups in total. The summed E-state index contributed by atoms with van der Waals surface area (Å²) in [6.45, 7) is 0. The predicted molar refractivity (Wildman–Crippen MR) is 50.3 cm³/mol. The van der Waals surface area contributed by atoms with Crippen molar-refractivity contribution in [3.05, 3.63) is 18.2 Å². The molecular weight excluding hydrogens is 202 g/mol. The second-order valence-corrected chi connectivity index (χ2v) is 2.90. The van der Waals surface area contributed by atoms with E-state index >= 15 is 0 Å². The number of carbonyl (C=O) groups is 1. The molecule has 15 heavy (non-hydrogen) atoms. The van der Waals surface area contributed by atoms with Crippen LogP contribution in [0.3, 0.4) is 0 Å². The van der Waals surface area contributed by atoms with Crippen molar-refractivity contribution in [3.63, 3.8) is 0 Å². The summed E-state index contributed by atoms with van der Waals surface area (Å²) in [4.78, 5) is 12.8. The van der Waals surface area contributed by atoms with Crippen LogP contribution in [0.25, 0.3) is 10.9 Å². The Morgan fingerprint density at radius 3 is 2.73 bits per heavy atom. The van der Waals surface area contributed by atoms with Crippen LogP contribution < -0.4 is 4.74 Å². The number of aromatic amines is 1. The Morgan fingerprint density at radius 1 is 1.33 bits per heavy atom. The zero-order chi connectivity index (χ0) is 11.0. The average molecular weight is 209 g/mol. The minimum absolute atomic E-state index is 0.00521. The third kappa shape index (κ3) is 1.52. The molecule has 2 aromatic rings. The first-order valence-corrected chi connectivity index (χ1v) is 4.02. The van der Waals surface area contributed by atoms with Gasteiger partial charge in [-0.3, -0.25) is 0 Å². The number of aromatic hydroxyl groups is 2. The van der Waals surface area contributed by atoms with Crippen LogP contribution in [-0.2, 0) is 0 Å². The van der Waals surface area contributed by atoms with E-state index in [1.54, 1.807) is 0 Å². The third-order valence-corrected chi connectivity index (χ3v) is 1.91. The number of fused-ring (bicyclic) bond motifs is 1. The van der Waals surface area contributed by atoms with Crippen molar-refractivity contribution < 1.29 is 24.9 Å². The van der Waals surface area contributed by atoms with Crippen molar-refractivity contribution in [2.45, 2.75) is 0 Å². The summed E-state index contributed by atoms with van der Waals surface area (Å²) in [6.07, 6.45) is -1.53. The molecule has 0 bridgehead atoms. The fourth-order valence-corrected chi connectivity index (χ4v) is 1.31. The lowest BCUT2D eigenvalue weighted by molar-refractivity contribution is 0.141. The van der Waals surface area contributed by atoms with Crippen molar-refractivity contribution in [2.24, 2.45) is 0 Å². The second kappa shape index (κ2) is 3.09. The van der Waals surface area contributed by atoms with Crippen LogP contribution in [0.15, 0.2) is 18.2 Å². The largest absolute Gasteiger partial charge is 0.512 e. The van der Waals surface area contributed by atoms with Crippen molar-refractivity contribution in [1.82, 2.24) is 4.98 Å². The Balaban J connectivity index is 2.58. The van der Waals surface area contributed by atoms with Crippen LogP contribution in [0.4, 0.5) is 4.79 Å². The predicted octanol–water partition coefficient (Wildman–Crippen LogP) is 1.64. The molecule has 0 aliphatic rings. The highest BCUT2D eigenvalue weighted by Crippen LogP contribution is 2.35. The van der Waals surface area contributed by atoms with E-state index in [9.17, 15) is 9.90 Å². The molecule has 0 radical (unpaired) electrons. The Hall–Kier alpha value is -2.37. The molecule has 2 rings (SSSR count). The Bertz CT molecular complexity index is 531. The van der Waals surface area contributed by atoms with Gasteiger partial charge in [-0.15, -0.1) is 0 Å². The number of nitrogens with one attached hydrogen (secondary N) is 1. The van der Waals surface area contributed by atoms with Crippen molar-refractivity contribution in [2.75, 3.05) is 0 Å². The van der Waals surface area contributed by atoms with Gasteiger partial charge in [0.25, 0.3) is 0 Å². The number of aromatic nitrogens is 1. The quantitative estimate of drug-likeness (QED) is 0.534. The minimum Gasteiger partial charge on any atom is -0.508 e. The van der Waals surface area contributed by atoms with Gasteiger partial charge in [-0.25, -0.2) is 4.79 Å². The highest BCUT2D eigenvalue weighted by Gasteiger charge is 2.14. The zero-order valence-electron chi connectivity index (χ0n) is 7.39. The van der Waals surface area contributed by atoms with Gasteiger partial charge in [0.2, 0.25) is 5.88 Å². The first-order valence-electron chi connectivity index (χ1n) is 4.02. The van der Waals surface area contributed by atoms with E-state index in [0.717, 1.165) is 0 Å². The molecule has 78 valence electrons. The molecule has 0 aliphatic heterocycles. The summed E-state index contributed by atoms with van der Waals surface area (Å²) in [5, 5.41) is 27.4. The summed E-state index contributed by atoms with van der Waals surface area (Å²) in [7, 11) is 0. The fourth-order valence-electron chi connectivity index (χ4n) is 1.31. The molecule has 0 aliphatic carbocycles. The van der Waals surface area contributed by atoms with E-state index in [-0.39, 0.29) is 17.4 Å². The number of ether oxygens (including phenoxy) is 1. The first-order chi connectivity index (χ1) is 7.08. The molecule has 1 heterocycles. The number of hydrogen-bond acceptors (Lipinski definition) is 4. The number of phenols is 1. The molecule has 0 spiro atoms. The number of carboxylic acid groups (broad SMARTS) is 1. The molecule has 0 fully saturated rings. The van der Waals surface area contributed by atoms with Crippen LogP contribution in [-0.4, -0.2) is 26.5 Å². The summed E-state index contributed by atoms with van der Waals surface area (Å²) < 4.78 is 4.30. The molecule has 0 saturated carbocycles. The Morgan fingerprint density at radius 2 is 2.07 bits per heavy atom.